The van der Waals surface area contributed by atoms with Gasteiger partial charge in [0.15, 0.2) is 16.6 Å². The molecule has 0 aromatic heterocycles. The summed E-state index contributed by atoms with van der Waals surface area (Å²) in [5, 5.41) is 0. The number of methoxy groups -OCH3 is 1. The monoisotopic (exact) mass is 470 g/mol. The number of hydrogen-bond donors (Lipinski definition) is 0. The lowest BCUT2D eigenvalue weighted by atomic mass is 10.1. The van der Waals surface area contributed by atoms with Crippen molar-refractivity contribution in [1.29, 1.82) is 0 Å². The van der Waals surface area contributed by atoms with Gasteiger partial charge in [-0.25, -0.2) is 0 Å². The van der Waals surface area contributed by atoms with Crippen LogP contribution < -0.4 is 0 Å². The van der Waals surface area contributed by atoms with Gasteiger partial charge in [-0.3, -0.25) is 4.79 Å². The summed E-state index contributed by atoms with van der Waals surface area (Å²) in [6, 6.07) is 0. The molecule has 2 unspecified atom stereocenters. The second-order valence-corrected chi connectivity index (χ2v) is 19.2. The molecule has 4 nitrogen and oxygen atoms in total. The summed E-state index contributed by atoms with van der Waals surface area (Å²) >= 11 is 0. The minimum atomic E-state index is -1.62. The minimum Gasteiger partial charge on any atom is -0.469 e. The van der Waals surface area contributed by atoms with Crippen molar-refractivity contribution in [3.63, 3.8) is 0 Å². The lowest BCUT2D eigenvalue weighted by Crippen LogP contribution is -2.44. The molecule has 0 bridgehead atoms. The molecule has 0 radical (unpaired) electrons. The van der Waals surface area contributed by atoms with Gasteiger partial charge < -0.3 is 13.6 Å². The van der Waals surface area contributed by atoms with Gasteiger partial charge in [-0.15, -0.1) is 0 Å². The van der Waals surface area contributed by atoms with E-state index in [-0.39, 0.29) is 18.2 Å². The Labute approximate surface area is 195 Å². The standard InChI is InChI=1S/C25H50O4Si2/c1-9-23(28-30(3,4)5)24(29-31(6,7)8)21-19-17-15-13-11-10-12-14-16-18-20-22-25(26)27-2/h11,13,17,19,23-24H,9-10,12,14-16,18,20-22H2,1-8H3/b13-11+,19-17+. The van der Waals surface area contributed by atoms with E-state index in [1.54, 1.807) is 0 Å². The van der Waals surface area contributed by atoms with Crippen molar-refractivity contribution in [2.45, 2.75) is 123 Å². The van der Waals surface area contributed by atoms with E-state index in [9.17, 15) is 4.79 Å². The van der Waals surface area contributed by atoms with Gasteiger partial charge in [-0.05, 0) is 77.8 Å². The molecule has 31 heavy (non-hydrogen) atoms. The molecule has 0 aliphatic heterocycles. The summed E-state index contributed by atoms with van der Waals surface area (Å²) in [5.41, 5.74) is 0. The molecule has 0 aromatic rings. The van der Waals surface area contributed by atoms with Crippen LogP contribution in [0.5, 0.6) is 0 Å². The molecule has 0 fully saturated rings. The molecular formula is C25H50O4Si2. The van der Waals surface area contributed by atoms with Crippen molar-refractivity contribution in [3.05, 3.63) is 24.3 Å². The van der Waals surface area contributed by atoms with Crippen LogP contribution in [0.15, 0.2) is 24.3 Å². The van der Waals surface area contributed by atoms with Gasteiger partial charge in [-0.2, -0.15) is 0 Å². The zero-order valence-corrected chi connectivity index (χ0v) is 23.7. The first-order chi connectivity index (χ1) is 14.5. The first-order valence-electron chi connectivity index (χ1n) is 12.2. The van der Waals surface area contributed by atoms with Crippen LogP contribution in [0, 0.1) is 0 Å². The molecule has 2 atom stereocenters. The third kappa shape index (κ3) is 19.7. The summed E-state index contributed by atoms with van der Waals surface area (Å²) in [5.74, 6) is -0.0943. The van der Waals surface area contributed by atoms with E-state index in [1.165, 1.54) is 26.4 Å². The highest BCUT2D eigenvalue weighted by atomic mass is 28.4. The maximum Gasteiger partial charge on any atom is 0.305 e. The van der Waals surface area contributed by atoms with Crippen molar-refractivity contribution in [2.75, 3.05) is 7.11 Å². The van der Waals surface area contributed by atoms with E-state index < -0.39 is 16.6 Å². The van der Waals surface area contributed by atoms with E-state index in [0.717, 1.165) is 38.5 Å². The molecule has 0 N–H and O–H groups in total. The molecular weight excluding hydrogens is 420 g/mol. The van der Waals surface area contributed by atoms with Gasteiger partial charge >= 0.3 is 5.97 Å². The summed E-state index contributed by atoms with van der Waals surface area (Å²) in [6.07, 6.45) is 19.7. The number of allylic oxidation sites excluding steroid dienone is 3. The second-order valence-electron chi connectivity index (χ2n) is 10.2. The van der Waals surface area contributed by atoms with Crippen LogP contribution in [0.25, 0.3) is 0 Å². The lowest BCUT2D eigenvalue weighted by Gasteiger charge is -2.35. The molecule has 0 heterocycles. The Balaban J connectivity index is 4.19. The third-order valence-electron chi connectivity index (χ3n) is 4.78. The molecule has 0 aliphatic carbocycles. The van der Waals surface area contributed by atoms with Crippen LogP contribution in [0.4, 0.5) is 0 Å². The third-order valence-corrected chi connectivity index (χ3v) is 6.80. The van der Waals surface area contributed by atoms with Crippen molar-refractivity contribution < 1.29 is 18.4 Å². The maximum atomic E-state index is 11.0. The van der Waals surface area contributed by atoms with Crippen LogP contribution in [-0.4, -0.2) is 41.9 Å². The number of carbonyl (C=O) groups is 1. The molecule has 0 rings (SSSR count). The van der Waals surface area contributed by atoms with Crippen molar-refractivity contribution >= 4 is 22.6 Å². The molecule has 0 spiro atoms. The van der Waals surface area contributed by atoms with Crippen LogP contribution in [-0.2, 0) is 18.4 Å². The predicted molar refractivity (Wildman–Crippen MR) is 139 cm³/mol. The van der Waals surface area contributed by atoms with Crippen LogP contribution >= 0.6 is 0 Å². The number of hydrogen-bond acceptors (Lipinski definition) is 4. The summed E-state index contributed by atoms with van der Waals surface area (Å²) in [7, 11) is -1.76. The Morgan fingerprint density at radius 1 is 0.774 bits per heavy atom. The molecule has 0 aliphatic rings. The molecule has 182 valence electrons. The normalized spacial score (nSPS) is 15.0. The Morgan fingerprint density at radius 2 is 1.32 bits per heavy atom. The predicted octanol–water partition coefficient (Wildman–Crippen LogP) is 7.63. The Kier molecular flexibility index (Phi) is 16.5. The highest BCUT2D eigenvalue weighted by Crippen LogP contribution is 2.22. The quantitative estimate of drug-likeness (QED) is 0.0893. The fraction of sp³-hybridized carbons (Fsp3) is 0.800. The van der Waals surface area contributed by atoms with Gasteiger partial charge in [0.2, 0.25) is 0 Å². The summed E-state index contributed by atoms with van der Waals surface area (Å²) in [6.45, 7) is 15.7. The Morgan fingerprint density at radius 3 is 1.90 bits per heavy atom. The average Bonchev–Trinajstić information content (AvgIpc) is 2.66. The maximum absolute atomic E-state index is 11.0. The Hall–Kier alpha value is -0.696. The molecule has 0 aromatic carbocycles. The first-order valence-corrected chi connectivity index (χ1v) is 19.0. The fourth-order valence-electron chi connectivity index (χ4n) is 3.39. The van der Waals surface area contributed by atoms with Crippen LogP contribution in [0.2, 0.25) is 39.3 Å². The zero-order valence-electron chi connectivity index (χ0n) is 21.7. The smallest absolute Gasteiger partial charge is 0.305 e. The highest BCUT2D eigenvalue weighted by molar-refractivity contribution is 6.70. The minimum absolute atomic E-state index is 0.0943. The summed E-state index contributed by atoms with van der Waals surface area (Å²) in [4.78, 5) is 11.0. The van der Waals surface area contributed by atoms with Gasteiger partial charge in [0, 0.05) is 6.42 Å². The van der Waals surface area contributed by atoms with E-state index in [2.05, 4.69) is 75.2 Å². The second kappa shape index (κ2) is 16.9. The van der Waals surface area contributed by atoms with Gasteiger partial charge in [-0.1, -0.05) is 50.5 Å². The number of rotatable bonds is 18. The molecule has 0 amide bonds. The average molecular weight is 471 g/mol. The van der Waals surface area contributed by atoms with Gasteiger partial charge in [0.25, 0.3) is 0 Å². The fourth-order valence-corrected chi connectivity index (χ4v) is 5.77. The van der Waals surface area contributed by atoms with Gasteiger partial charge in [0.1, 0.15) is 0 Å². The molecule has 6 heteroatoms. The van der Waals surface area contributed by atoms with E-state index >= 15 is 0 Å². The number of ether oxygens (including phenoxy) is 1. The topological polar surface area (TPSA) is 44.8 Å². The van der Waals surface area contributed by atoms with Crippen molar-refractivity contribution in [1.82, 2.24) is 0 Å². The largest absolute Gasteiger partial charge is 0.469 e. The highest BCUT2D eigenvalue weighted by Gasteiger charge is 2.30. The van der Waals surface area contributed by atoms with Crippen molar-refractivity contribution in [2.24, 2.45) is 0 Å². The van der Waals surface area contributed by atoms with E-state index in [0.29, 0.717) is 6.42 Å². The number of esters is 1. The first kappa shape index (κ1) is 30.3. The SMILES string of the molecule is CCC(O[Si](C)(C)C)C(C/C=C/C/C=C/CCCCCCCC(=O)OC)O[Si](C)(C)C. The number of unbranched alkanes of at least 4 members (excludes halogenated alkanes) is 5. The van der Waals surface area contributed by atoms with Crippen LogP contribution in [0.1, 0.15) is 71.1 Å². The lowest BCUT2D eigenvalue weighted by molar-refractivity contribution is -0.140. The summed E-state index contributed by atoms with van der Waals surface area (Å²) < 4.78 is 17.6. The van der Waals surface area contributed by atoms with Gasteiger partial charge in [0.05, 0.1) is 19.3 Å². The zero-order chi connectivity index (χ0) is 23.8. The van der Waals surface area contributed by atoms with E-state index in [4.69, 9.17) is 8.85 Å². The van der Waals surface area contributed by atoms with Crippen LogP contribution in [0.3, 0.4) is 0 Å². The Bertz CT molecular complexity index is 519. The molecule has 0 saturated carbocycles. The number of carbonyl (C=O) groups excluding carboxylic acids is 1. The van der Waals surface area contributed by atoms with E-state index in [1.807, 2.05) is 0 Å². The van der Waals surface area contributed by atoms with Crippen molar-refractivity contribution in [3.8, 4) is 0 Å². The molecule has 0 saturated heterocycles.